The van der Waals surface area contributed by atoms with Crippen LogP contribution in [-0.4, -0.2) is 51.0 Å². The average Bonchev–Trinajstić information content (AvgIpc) is 2.69. The summed E-state index contributed by atoms with van der Waals surface area (Å²) in [6.45, 7) is 8.83. The Kier molecular flexibility index (Phi) is 6.08. The van der Waals surface area contributed by atoms with Gasteiger partial charge in [0.05, 0.1) is 4.90 Å². The van der Waals surface area contributed by atoms with Gasteiger partial charge in [0.2, 0.25) is 10.0 Å². The highest BCUT2D eigenvalue weighted by molar-refractivity contribution is 7.89. The number of rotatable bonds is 6. The molecule has 0 unspecified atom stereocenters. The number of nitrogens with one attached hydrogen (secondary N) is 1. The van der Waals surface area contributed by atoms with Gasteiger partial charge in [0, 0.05) is 38.9 Å². The molecule has 146 valence electrons. The maximum atomic E-state index is 13.6. The summed E-state index contributed by atoms with van der Waals surface area (Å²) >= 11 is 0. The minimum Gasteiger partial charge on any atom is -0.354 e. The number of halogens is 1. The molecular formula is C19H25FN4O2S. The highest BCUT2D eigenvalue weighted by Gasteiger charge is 2.18. The quantitative estimate of drug-likeness (QED) is 0.816. The molecule has 1 aromatic carbocycles. The smallest absolute Gasteiger partial charge is 0.240 e. The van der Waals surface area contributed by atoms with Crippen molar-refractivity contribution in [2.75, 3.05) is 37.6 Å². The molecule has 1 N–H and O–H groups in total. The van der Waals surface area contributed by atoms with Crippen molar-refractivity contribution in [3.8, 4) is 0 Å². The highest BCUT2D eigenvalue weighted by atomic mass is 32.2. The van der Waals surface area contributed by atoms with Crippen molar-refractivity contribution in [2.24, 2.45) is 0 Å². The monoisotopic (exact) mass is 392 g/mol. The summed E-state index contributed by atoms with van der Waals surface area (Å²) in [5.74, 6) is 0.366. The lowest BCUT2D eigenvalue weighted by molar-refractivity contribution is 0.270. The van der Waals surface area contributed by atoms with Gasteiger partial charge in [0.25, 0.3) is 0 Å². The number of pyridine rings is 1. The normalized spacial score (nSPS) is 15.9. The van der Waals surface area contributed by atoms with Gasteiger partial charge >= 0.3 is 0 Å². The van der Waals surface area contributed by atoms with Crippen molar-refractivity contribution >= 4 is 15.8 Å². The first-order valence-electron chi connectivity index (χ1n) is 9.07. The second-order valence-electron chi connectivity index (χ2n) is 6.68. The third-order valence-electron chi connectivity index (χ3n) is 4.87. The number of piperazine rings is 1. The van der Waals surface area contributed by atoms with E-state index in [2.05, 4.69) is 26.4 Å². The molecule has 6 nitrogen and oxygen atoms in total. The average molecular weight is 393 g/mol. The number of anilines is 1. The molecule has 0 amide bonds. The molecular weight excluding hydrogens is 367 g/mol. The molecule has 1 aliphatic rings. The van der Waals surface area contributed by atoms with Gasteiger partial charge in [-0.1, -0.05) is 19.1 Å². The number of benzene rings is 1. The third-order valence-corrected chi connectivity index (χ3v) is 6.27. The SMILES string of the molecule is CCN1CCN(c2ccc(CNS(=O)(=O)c3ccc(C)c(F)c3)cn2)CC1. The Bertz CT molecular complexity index is 879. The molecule has 0 saturated carbocycles. The Morgan fingerprint density at radius 1 is 1.15 bits per heavy atom. The van der Waals surface area contributed by atoms with E-state index in [0.717, 1.165) is 50.2 Å². The topological polar surface area (TPSA) is 65.5 Å². The van der Waals surface area contributed by atoms with Gasteiger partial charge in [0.1, 0.15) is 11.6 Å². The number of nitrogens with zero attached hydrogens (tertiary/aromatic N) is 3. The van der Waals surface area contributed by atoms with Gasteiger partial charge in [-0.05, 0) is 42.8 Å². The molecule has 1 aromatic heterocycles. The van der Waals surface area contributed by atoms with E-state index in [1.54, 1.807) is 13.1 Å². The summed E-state index contributed by atoms with van der Waals surface area (Å²) in [4.78, 5) is 9.01. The zero-order valence-corrected chi connectivity index (χ0v) is 16.5. The Balaban J connectivity index is 1.60. The molecule has 0 spiro atoms. The van der Waals surface area contributed by atoms with Gasteiger partial charge in [-0.2, -0.15) is 0 Å². The van der Waals surface area contributed by atoms with Crippen molar-refractivity contribution in [1.29, 1.82) is 0 Å². The van der Waals surface area contributed by atoms with E-state index in [0.29, 0.717) is 5.56 Å². The van der Waals surface area contributed by atoms with E-state index in [-0.39, 0.29) is 11.4 Å². The fourth-order valence-corrected chi connectivity index (χ4v) is 4.03. The van der Waals surface area contributed by atoms with Crippen LogP contribution in [0.5, 0.6) is 0 Å². The van der Waals surface area contributed by atoms with Crippen LogP contribution < -0.4 is 9.62 Å². The first-order valence-corrected chi connectivity index (χ1v) is 10.6. The number of aryl methyl sites for hydroxylation is 1. The zero-order valence-electron chi connectivity index (χ0n) is 15.7. The molecule has 0 bridgehead atoms. The van der Waals surface area contributed by atoms with E-state index < -0.39 is 15.8 Å². The summed E-state index contributed by atoms with van der Waals surface area (Å²) in [5, 5.41) is 0. The van der Waals surface area contributed by atoms with Crippen LogP contribution in [0, 0.1) is 12.7 Å². The van der Waals surface area contributed by atoms with Crippen molar-refractivity contribution in [1.82, 2.24) is 14.6 Å². The molecule has 1 saturated heterocycles. The van der Waals surface area contributed by atoms with Gasteiger partial charge < -0.3 is 9.80 Å². The van der Waals surface area contributed by atoms with Crippen molar-refractivity contribution < 1.29 is 12.8 Å². The first-order chi connectivity index (χ1) is 12.9. The van der Waals surface area contributed by atoms with E-state index >= 15 is 0 Å². The predicted molar refractivity (Wildman–Crippen MR) is 104 cm³/mol. The van der Waals surface area contributed by atoms with Crippen LogP contribution in [0.15, 0.2) is 41.4 Å². The summed E-state index contributed by atoms with van der Waals surface area (Å²) in [5.41, 5.74) is 1.16. The Hall–Kier alpha value is -2.03. The van der Waals surface area contributed by atoms with Gasteiger partial charge in [-0.25, -0.2) is 22.5 Å². The van der Waals surface area contributed by atoms with Crippen molar-refractivity contribution in [3.63, 3.8) is 0 Å². The minimum atomic E-state index is -3.77. The summed E-state index contributed by atoms with van der Waals surface area (Å²) < 4.78 is 40.8. The largest absolute Gasteiger partial charge is 0.354 e. The fourth-order valence-electron chi connectivity index (χ4n) is 3.00. The molecule has 1 aliphatic heterocycles. The summed E-state index contributed by atoms with van der Waals surface area (Å²) in [6, 6.07) is 7.68. The van der Waals surface area contributed by atoms with Crippen LogP contribution >= 0.6 is 0 Å². The minimum absolute atomic E-state index is 0.0797. The number of aromatic nitrogens is 1. The van der Waals surface area contributed by atoms with E-state index in [4.69, 9.17) is 0 Å². The van der Waals surface area contributed by atoms with E-state index in [1.807, 2.05) is 12.1 Å². The molecule has 2 heterocycles. The Morgan fingerprint density at radius 3 is 2.48 bits per heavy atom. The Labute approximate surface area is 160 Å². The predicted octanol–water partition coefficient (Wildman–Crippen LogP) is 2.15. The molecule has 27 heavy (non-hydrogen) atoms. The highest BCUT2D eigenvalue weighted by Crippen LogP contribution is 2.16. The number of sulfonamides is 1. The van der Waals surface area contributed by atoms with Crippen molar-refractivity contribution in [2.45, 2.75) is 25.3 Å². The maximum Gasteiger partial charge on any atom is 0.240 e. The van der Waals surface area contributed by atoms with E-state index in [1.165, 1.54) is 12.1 Å². The lowest BCUT2D eigenvalue weighted by Crippen LogP contribution is -2.46. The zero-order chi connectivity index (χ0) is 19.4. The fraction of sp³-hybridized carbons (Fsp3) is 0.421. The molecule has 2 aromatic rings. The van der Waals surface area contributed by atoms with Crippen LogP contribution in [0.25, 0.3) is 0 Å². The van der Waals surface area contributed by atoms with Crippen LogP contribution in [-0.2, 0) is 16.6 Å². The molecule has 0 radical (unpaired) electrons. The summed E-state index contributed by atoms with van der Waals surface area (Å²) in [6.07, 6.45) is 1.68. The maximum absolute atomic E-state index is 13.6. The second kappa shape index (κ2) is 8.33. The lowest BCUT2D eigenvalue weighted by atomic mass is 10.2. The molecule has 0 aliphatic carbocycles. The van der Waals surface area contributed by atoms with Crippen LogP contribution in [0.2, 0.25) is 0 Å². The number of likely N-dealkylation sites (N-methyl/N-ethyl adjacent to an activating group) is 1. The third kappa shape index (κ3) is 4.82. The molecule has 1 fully saturated rings. The molecule has 8 heteroatoms. The first kappa shape index (κ1) is 19.7. The van der Waals surface area contributed by atoms with Gasteiger partial charge in [-0.3, -0.25) is 0 Å². The number of hydrogen-bond acceptors (Lipinski definition) is 5. The standard InChI is InChI=1S/C19H25FN4O2S/c1-3-23-8-10-24(11-9-23)19-7-5-16(13-21-19)14-22-27(25,26)17-6-4-15(2)18(20)12-17/h4-7,12-13,22H,3,8-11,14H2,1-2H3. The van der Waals surface area contributed by atoms with E-state index in [9.17, 15) is 12.8 Å². The van der Waals surface area contributed by atoms with Crippen LogP contribution in [0.1, 0.15) is 18.1 Å². The van der Waals surface area contributed by atoms with Gasteiger partial charge in [0.15, 0.2) is 0 Å². The molecule has 3 rings (SSSR count). The van der Waals surface area contributed by atoms with Crippen LogP contribution in [0.4, 0.5) is 10.2 Å². The van der Waals surface area contributed by atoms with Crippen LogP contribution in [0.3, 0.4) is 0 Å². The number of hydrogen-bond donors (Lipinski definition) is 1. The van der Waals surface area contributed by atoms with Gasteiger partial charge in [-0.15, -0.1) is 0 Å². The summed E-state index contributed by atoms with van der Waals surface area (Å²) in [7, 11) is -3.77. The lowest BCUT2D eigenvalue weighted by Gasteiger charge is -2.34. The second-order valence-corrected chi connectivity index (χ2v) is 8.45. The van der Waals surface area contributed by atoms with Crippen molar-refractivity contribution in [3.05, 3.63) is 53.5 Å². The Morgan fingerprint density at radius 2 is 1.89 bits per heavy atom. The molecule has 0 atom stereocenters.